The smallest absolute Gasteiger partial charge is 0.321 e. The second kappa shape index (κ2) is 7.58. The van der Waals surface area contributed by atoms with Gasteiger partial charge < -0.3 is 15.0 Å². The van der Waals surface area contributed by atoms with Crippen molar-refractivity contribution in [2.24, 2.45) is 0 Å². The van der Waals surface area contributed by atoms with E-state index in [0.717, 1.165) is 0 Å². The van der Waals surface area contributed by atoms with Crippen LogP contribution in [0.1, 0.15) is 19.4 Å². The molecule has 0 saturated heterocycles. The summed E-state index contributed by atoms with van der Waals surface area (Å²) in [6.07, 6.45) is 0. The van der Waals surface area contributed by atoms with Crippen molar-refractivity contribution in [2.45, 2.75) is 19.3 Å². The van der Waals surface area contributed by atoms with Crippen LogP contribution < -0.4 is 10.1 Å². The molecular formula is C19H23ClN2O2. The molecular weight excluding hydrogens is 324 g/mol. The van der Waals surface area contributed by atoms with E-state index in [0.29, 0.717) is 23.1 Å². The molecule has 0 saturated carbocycles. The Labute approximate surface area is 148 Å². The van der Waals surface area contributed by atoms with Crippen molar-refractivity contribution in [1.29, 1.82) is 0 Å². The second-order valence-corrected chi connectivity index (χ2v) is 6.92. The van der Waals surface area contributed by atoms with Gasteiger partial charge in [-0.05, 0) is 23.8 Å². The Bertz CT molecular complexity index is 700. The highest BCUT2D eigenvalue weighted by Gasteiger charge is 2.22. The molecule has 5 heteroatoms. The Kier molecular flexibility index (Phi) is 5.73. The Hall–Kier alpha value is -2.20. The molecule has 0 radical (unpaired) electrons. The van der Waals surface area contributed by atoms with Gasteiger partial charge in [-0.25, -0.2) is 4.79 Å². The number of hydrogen-bond acceptors (Lipinski definition) is 2. The van der Waals surface area contributed by atoms with Gasteiger partial charge in [0.25, 0.3) is 0 Å². The first kappa shape index (κ1) is 18.1. The van der Waals surface area contributed by atoms with Gasteiger partial charge in [0, 0.05) is 25.2 Å². The van der Waals surface area contributed by atoms with Crippen molar-refractivity contribution in [1.82, 2.24) is 4.90 Å². The predicted octanol–water partition coefficient (Wildman–Crippen LogP) is 4.79. The molecule has 2 amide bonds. The zero-order chi connectivity index (χ0) is 17.7. The van der Waals surface area contributed by atoms with E-state index in [-0.39, 0.29) is 11.4 Å². The molecule has 0 aromatic heterocycles. The average molecular weight is 347 g/mol. The normalized spacial score (nSPS) is 11.0. The molecule has 0 atom stereocenters. The number of ether oxygens (including phenoxy) is 1. The summed E-state index contributed by atoms with van der Waals surface area (Å²) in [5, 5.41) is 3.22. The maximum atomic E-state index is 11.7. The van der Waals surface area contributed by atoms with Crippen molar-refractivity contribution in [3.63, 3.8) is 0 Å². The molecule has 0 unspecified atom stereocenters. The molecule has 2 aromatic rings. The molecule has 1 N–H and O–H groups in total. The summed E-state index contributed by atoms with van der Waals surface area (Å²) in [6, 6.07) is 15.2. The number of hydrogen-bond donors (Lipinski definition) is 1. The number of anilines is 1. The monoisotopic (exact) mass is 346 g/mol. The first-order valence-corrected chi connectivity index (χ1v) is 8.13. The number of urea groups is 1. The van der Waals surface area contributed by atoms with Gasteiger partial charge in [0.2, 0.25) is 0 Å². The number of carbonyl (C=O) groups excluding carboxylic acids is 1. The molecule has 0 aliphatic heterocycles. The fourth-order valence-electron chi connectivity index (χ4n) is 2.16. The maximum Gasteiger partial charge on any atom is 0.321 e. The standard InChI is InChI=1S/C19H23ClN2O2/c1-19(2,14-8-6-5-7-9-14)13-24-17-11-10-15(12-16(17)20)21-18(23)22(3)4/h5-12H,13H2,1-4H3,(H,21,23). The van der Waals surface area contributed by atoms with E-state index < -0.39 is 0 Å². The molecule has 128 valence electrons. The summed E-state index contributed by atoms with van der Waals surface area (Å²) >= 11 is 6.28. The third-order valence-electron chi connectivity index (χ3n) is 3.73. The molecule has 0 heterocycles. The highest BCUT2D eigenvalue weighted by atomic mass is 35.5. The fraction of sp³-hybridized carbons (Fsp3) is 0.316. The quantitative estimate of drug-likeness (QED) is 0.845. The highest BCUT2D eigenvalue weighted by Crippen LogP contribution is 2.30. The highest BCUT2D eigenvalue weighted by molar-refractivity contribution is 6.32. The van der Waals surface area contributed by atoms with Gasteiger partial charge >= 0.3 is 6.03 Å². The lowest BCUT2D eigenvalue weighted by molar-refractivity contribution is 0.230. The van der Waals surface area contributed by atoms with Gasteiger partial charge in [0.15, 0.2) is 0 Å². The average Bonchev–Trinajstić information content (AvgIpc) is 2.55. The number of benzene rings is 2. The summed E-state index contributed by atoms with van der Waals surface area (Å²) in [4.78, 5) is 13.1. The summed E-state index contributed by atoms with van der Waals surface area (Å²) in [6.45, 7) is 4.75. The van der Waals surface area contributed by atoms with Crippen molar-refractivity contribution in [3.05, 3.63) is 59.1 Å². The van der Waals surface area contributed by atoms with Crippen LogP contribution >= 0.6 is 11.6 Å². The molecule has 0 bridgehead atoms. The molecule has 2 aromatic carbocycles. The van der Waals surface area contributed by atoms with Gasteiger partial charge in [0.1, 0.15) is 5.75 Å². The minimum absolute atomic E-state index is 0.137. The Morgan fingerprint density at radius 3 is 2.42 bits per heavy atom. The van der Waals surface area contributed by atoms with Crippen molar-refractivity contribution in [3.8, 4) is 5.75 Å². The number of amides is 2. The lowest BCUT2D eigenvalue weighted by atomic mass is 9.86. The van der Waals surface area contributed by atoms with Crippen LogP contribution in [0.3, 0.4) is 0 Å². The summed E-state index contributed by atoms with van der Waals surface area (Å²) in [5.74, 6) is 0.600. The second-order valence-electron chi connectivity index (χ2n) is 6.51. The van der Waals surface area contributed by atoms with Crippen LogP contribution in [0.5, 0.6) is 5.75 Å². The van der Waals surface area contributed by atoms with Crippen molar-refractivity contribution < 1.29 is 9.53 Å². The van der Waals surface area contributed by atoms with E-state index in [1.54, 1.807) is 32.3 Å². The third-order valence-corrected chi connectivity index (χ3v) is 4.03. The number of halogens is 1. The van der Waals surface area contributed by atoms with Gasteiger partial charge in [-0.1, -0.05) is 55.8 Å². The molecule has 0 aliphatic rings. The summed E-state index contributed by atoms with van der Waals surface area (Å²) in [7, 11) is 3.36. The van der Waals surface area contributed by atoms with Gasteiger partial charge in [0.05, 0.1) is 11.6 Å². The van der Waals surface area contributed by atoms with E-state index in [2.05, 4.69) is 31.3 Å². The topological polar surface area (TPSA) is 41.6 Å². The van der Waals surface area contributed by atoms with Crippen LogP contribution in [0.25, 0.3) is 0 Å². The Morgan fingerprint density at radius 2 is 1.83 bits per heavy atom. The molecule has 4 nitrogen and oxygen atoms in total. The lowest BCUT2D eigenvalue weighted by Gasteiger charge is -2.25. The van der Waals surface area contributed by atoms with Crippen molar-refractivity contribution >= 4 is 23.3 Å². The Morgan fingerprint density at radius 1 is 1.17 bits per heavy atom. The lowest BCUT2D eigenvalue weighted by Crippen LogP contribution is -2.27. The molecule has 0 spiro atoms. The van der Waals surface area contributed by atoms with E-state index >= 15 is 0 Å². The van der Waals surface area contributed by atoms with E-state index in [9.17, 15) is 4.79 Å². The van der Waals surface area contributed by atoms with Crippen LogP contribution in [0.15, 0.2) is 48.5 Å². The molecule has 24 heavy (non-hydrogen) atoms. The van der Waals surface area contributed by atoms with Crippen LogP contribution in [0.4, 0.5) is 10.5 Å². The maximum absolute atomic E-state index is 11.7. The fourth-order valence-corrected chi connectivity index (χ4v) is 2.40. The van der Waals surface area contributed by atoms with Crippen molar-refractivity contribution in [2.75, 3.05) is 26.0 Å². The Balaban J connectivity index is 2.04. The number of nitrogens with zero attached hydrogens (tertiary/aromatic N) is 1. The van der Waals surface area contributed by atoms with Crippen LogP contribution in [0, 0.1) is 0 Å². The zero-order valence-electron chi connectivity index (χ0n) is 14.5. The molecule has 0 aliphatic carbocycles. The third kappa shape index (κ3) is 4.65. The van der Waals surface area contributed by atoms with Gasteiger partial charge in [-0.3, -0.25) is 0 Å². The predicted molar refractivity (Wildman–Crippen MR) is 99.1 cm³/mol. The minimum atomic E-state index is -0.204. The molecule has 0 fully saturated rings. The van der Waals surface area contributed by atoms with E-state index in [1.165, 1.54) is 10.5 Å². The summed E-state index contributed by atoms with van der Waals surface area (Å²) < 4.78 is 5.91. The van der Waals surface area contributed by atoms with Crippen LogP contribution in [-0.4, -0.2) is 31.6 Å². The van der Waals surface area contributed by atoms with E-state index in [1.807, 2.05) is 18.2 Å². The zero-order valence-corrected chi connectivity index (χ0v) is 15.2. The number of nitrogens with one attached hydrogen (secondary N) is 1. The van der Waals surface area contributed by atoms with E-state index in [4.69, 9.17) is 16.3 Å². The van der Waals surface area contributed by atoms with Crippen LogP contribution in [0.2, 0.25) is 5.02 Å². The SMILES string of the molecule is CN(C)C(=O)Nc1ccc(OCC(C)(C)c2ccccc2)c(Cl)c1. The molecule has 2 rings (SSSR count). The summed E-state index contributed by atoms with van der Waals surface area (Å²) in [5.41, 5.74) is 1.70. The van der Waals surface area contributed by atoms with Gasteiger partial charge in [-0.15, -0.1) is 0 Å². The van der Waals surface area contributed by atoms with Gasteiger partial charge in [-0.2, -0.15) is 0 Å². The first-order chi connectivity index (χ1) is 11.3. The number of carbonyl (C=O) groups is 1. The number of rotatable bonds is 5. The largest absolute Gasteiger partial charge is 0.491 e. The first-order valence-electron chi connectivity index (χ1n) is 7.76. The van der Waals surface area contributed by atoms with Crippen LogP contribution in [-0.2, 0) is 5.41 Å². The minimum Gasteiger partial charge on any atom is -0.491 e.